The highest BCUT2D eigenvalue weighted by molar-refractivity contribution is 14.1. The number of rotatable bonds is 3. The van der Waals surface area contributed by atoms with Crippen molar-refractivity contribution < 1.29 is 9.59 Å². The van der Waals surface area contributed by atoms with Gasteiger partial charge in [0.05, 0.1) is 11.6 Å². The van der Waals surface area contributed by atoms with Gasteiger partial charge < -0.3 is 0 Å². The van der Waals surface area contributed by atoms with Gasteiger partial charge in [-0.05, 0) is 58.3 Å². The number of hydrogen-bond acceptors (Lipinski definition) is 2. The maximum atomic E-state index is 12.7. The largest absolute Gasteiger partial charge is 0.274 e. The fraction of sp³-hybridized carbons (Fsp3) is 0.222. The van der Waals surface area contributed by atoms with Crippen LogP contribution in [-0.2, 0) is 9.59 Å². The topological polar surface area (TPSA) is 37.4 Å². The number of imide groups is 1. The number of nitrogens with zero attached hydrogens (tertiary/aromatic N) is 1. The van der Waals surface area contributed by atoms with Crippen LogP contribution in [0.4, 0.5) is 5.69 Å². The van der Waals surface area contributed by atoms with E-state index in [1.807, 2.05) is 61.5 Å². The van der Waals surface area contributed by atoms with E-state index in [0.29, 0.717) is 5.69 Å². The molecule has 1 aliphatic heterocycles. The molecule has 0 N–H and O–H groups in total. The molecule has 3 rings (SSSR count). The molecule has 22 heavy (non-hydrogen) atoms. The standard InChI is InChI=1S/C18H16INO2/c1-12(13-5-3-2-4-6-13)16-11-17(21)20(18(16)22)15-9-7-14(19)8-10-15/h2-10,12,16H,11H2,1H3/t12-,16+/m0/s1. The minimum atomic E-state index is -0.283. The average Bonchev–Trinajstić information content (AvgIpc) is 2.83. The smallest absolute Gasteiger partial charge is 0.237 e. The van der Waals surface area contributed by atoms with E-state index in [-0.39, 0.29) is 30.1 Å². The van der Waals surface area contributed by atoms with Crippen LogP contribution < -0.4 is 4.90 Å². The third-order valence-electron chi connectivity index (χ3n) is 4.20. The second-order valence-corrected chi connectivity index (χ2v) is 6.80. The van der Waals surface area contributed by atoms with Gasteiger partial charge in [-0.15, -0.1) is 0 Å². The van der Waals surface area contributed by atoms with E-state index in [9.17, 15) is 9.59 Å². The van der Waals surface area contributed by atoms with Gasteiger partial charge in [-0.3, -0.25) is 14.5 Å². The number of anilines is 1. The van der Waals surface area contributed by atoms with Crippen molar-refractivity contribution in [3.8, 4) is 0 Å². The molecule has 0 saturated carbocycles. The molecule has 2 aromatic carbocycles. The number of carbonyl (C=O) groups is 2. The van der Waals surface area contributed by atoms with E-state index in [0.717, 1.165) is 9.13 Å². The molecule has 1 saturated heterocycles. The van der Waals surface area contributed by atoms with Gasteiger partial charge in [-0.1, -0.05) is 37.3 Å². The van der Waals surface area contributed by atoms with Crippen LogP contribution in [0.3, 0.4) is 0 Å². The van der Waals surface area contributed by atoms with Crippen molar-refractivity contribution in [2.75, 3.05) is 4.90 Å². The van der Waals surface area contributed by atoms with Crippen molar-refractivity contribution in [1.82, 2.24) is 0 Å². The first-order chi connectivity index (χ1) is 10.6. The number of halogens is 1. The summed E-state index contributed by atoms with van der Waals surface area (Å²) in [4.78, 5) is 26.4. The summed E-state index contributed by atoms with van der Waals surface area (Å²) < 4.78 is 1.08. The average molecular weight is 405 g/mol. The summed E-state index contributed by atoms with van der Waals surface area (Å²) in [7, 11) is 0. The maximum Gasteiger partial charge on any atom is 0.237 e. The van der Waals surface area contributed by atoms with Gasteiger partial charge >= 0.3 is 0 Å². The van der Waals surface area contributed by atoms with Crippen LogP contribution in [-0.4, -0.2) is 11.8 Å². The summed E-state index contributed by atoms with van der Waals surface area (Å²) in [6, 6.07) is 17.4. The number of amides is 2. The first-order valence-corrected chi connectivity index (χ1v) is 8.33. The Morgan fingerprint density at radius 1 is 1.05 bits per heavy atom. The molecule has 2 aromatic rings. The first-order valence-electron chi connectivity index (χ1n) is 7.25. The molecule has 1 aliphatic rings. The lowest BCUT2D eigenvalue weighted by Gasteiger charge is -2.19. The monoisotopic (exact) mass is 405 g/mol. The molecule has 4 heteroatoms. The van der Waals surface area contributed by atoms with E-state index in [4.69, 9.17) is 0 Å². The normalized spacial score (nSPS) is 19.5. The summed E-state index contributed by atoms with van der Waals surface area (Å²) in [6.45, 7) is 2.02. The van der Waals surface area contributed by atoms with E-state index in [2.05, 4.69) is 22.6 Å². The Morgan fingerprint density at radius 3 is 2.32 bits per heavy atom. The molecule has 0 unspecified atom stereocenters. The zero-order valence-corrected chi connectivity index (χ0v) is 14.4. The predicted molar refractivity (Wildman–Crippen MR) is 94.6 cm³/mol. The molecule has 0 spiro atoms. The lowest BCUT2D eigenvalue weighted by Crippen LogP contribution is -2.31. The van der Waals surface area contributed by atoms with Crippen LogP contribution >= 0.6 is 22.6 Å². The summed E-state index contributed by atoms with van der Waals surface area (Å²) in [5.41, 5.74) is 1.76. The van der Waals surface area contributed by atoms with Crippen LogP contribution in [0.2, 0.25) is 0 Å². The van der Waals surface area contributed by atoms with E-state index >= 15 is 0 Å². The van der Waals surface area contributed by atoms with E-state index < -0.39 is 0 Å². The van der Waals surface area contributed by atoms with Crippen molar-refractivity contribution in [2.24, 2.45) is 5.92 Å². The van der Waals surface area contributed by atoms with Crippen LogP contribution in [0.1, 0.15) is 24.8 Å². The lowest BCUT2D eigenvalue weighted by atomic mass is 9.86. The van der Waals surface area contributed by atoms with Crippen molar-refractivity contribution in [1.29, 1.82) is 0 Å². The van der Waals surface area contributed by atoms with Crippen LogP contribution in [0, 0.1) is 9.49 Å². The van der Waals surface area contributed by atoms with Crippen LogP contribution in [0.15, 0.2) is 54.6 Å². The first kappa shape index (κ1) is 15.2. The summed E-state index contributed by atoms with van der Waals surface area (Å²) >= 11 is 2.20. The fourth-order valence-corrected chi connectivity index (χ4v) is 3.26. The van der Waals surface area contributed by atoms with Crippen LogP contribution in [0.5, 0.6) is 0 Å². The van der Waals surface area contributed by atoms with E-state index in [1.165, 1.54) is 4.90 Å². The van der Waals surface area contributed by atoms with E-state index in [1.54, 1.807) is 0 Å². The minimum Gasteiger partial charge on any atom is -0.274 e. The highest BCUT2D eigenvalue weighted by Crippen LogP contribution is 2.35. The Balaban J connectivity index is 1.87. The number of hydrogen-bond donors (Lipinski definition) is 0. The van der Waals surface area contributed by atoms with Gasteiger partial charge in [0.25, 0.3) is 0 Å². The second-order valence-electron chi connectivity index (χ2n) is 5.55. The quantitative estimate of drug-likeness (QED) is 0.573. The third kappa shape index (κ3) is 2.79. The van der Waals surface area contributed by atoms with Crippen molar-refractivity contribution >= 4 is 40.1 Å². The number of carbonyl (C=O) groups excluding carboxylic acids is 2. The Labute approximate surface area is 143 Å². The van der Waals surface area contributed by atoms with Gasteiger partial charge in [-0.2, -0.15) is 0 Å². The van der Waals surface area contributed by atoms with Gasteiger partial charge in [0.2, 0.25) is 11.8 Å². The van der Waals surface area contributed by atoms with Gasteiger partial charge in [0.1, 0.15) is 0 Å². The highest BCUT2D eigenvalue weighted by Gasteiger charge is 2.42. The summed E-state index contributed by atoms with van der Waals surface area (Å²) in [5, 5.41) is 0. The molecular formula is C18H16INO2. The Bertz CT molecular complexity index is 697. The van der Waals surface area contributed by atoms with Crippen molar-refractivity contribution in [3.05, 3.63) is 63.7 Å². The maximum absolute atomic E-state index is 12.7. The molecule has 0 aromatic heterocycles. The molecule has 2 atom stereocenters. The van der Waals surface area contributed by atoms with Gasteiger partial charge in [0, 0.05) is 9.99 Å². The molecule has 3 nitrogen and oxygen atoms in total. The second kappa shape index (κ2) is 6.20. The molecular weight excluding hydrogens is 389 g/mol. The molecule has 2 amide bonds. The SMILES string of the molecule is C[C@@H](c1ccccc1)[C@H]1CC(=O)N(c2ccc(I)cc2)C1=O. The Hall–Kier alpha value is -1.69. The third-order valence-corrected chi connectivity index (χ3v) is 4.91. The molecule has 1 heterocycles. The molecule has 0 aliphatic carbocycles. The summed E-state index contributed by atoms with van der Waals surface area (Å²) in [6.07, 6.45) is 0.279. The van der Waals surface area contributed by atoms with Crippen molar-refractivity contribution in [2.45, 2.75) is 19.3 Å². The summed E-state index contributed by atoms with van der Waals surface area (Å²) in [5.74, 6) is -0.456. The lowest BCUT2D eigenvalue weighted by molar-refractivity contribution is -0.122. The Kier molecular flexibility index (Phi) is 4.29. The van der Waals surface area contributed by atoms with Gasteiger partial charge in [0.15, 0.2) is 0 Å². The minimum absolute atomic E-state index is 0.0338. The molecule has 0 radical (unpaired) electrons. The molecule has 0 bridgehead atoms. The molecule has 112 valence electrons. The zero-order valence-electron chi connectivity index (χ0n) is 12.2. The van der Waals surface area contributed by atoms with Crippen molar-refractivity contribution in [3.63, 3.8) is 0 Å². The zero-order chi connectivity index (χ0) is 15.7. The highest BCUT2D eigenvalue weighted by atomic mass is 127. The van der Waals surface area contributed by atoms with Crippen LogP contribution in [0.25, 0.3) is 0 Å². The molecule has 1 fully saturated rings. The number of benzene rings is 2. The fourth-order valence-electron chi connectivity index (χ4n) is 2.90. The Morgan fingerprint density at radius 2 is 1.68 bits per heavy atom. The predicted octanol–water partition coefficient (Wildman–Crippen LogP) is 3.97. The van der Waals surface area contributed by atoms with Gasteiger partial charge in [-0.25, -0.2) is 0 Å².